The second-order valence-electron chi connectivity index (χ2n) is 2.79. The van der Waals surface area contributed by atoms with Gasteiger partial charge < -0.3 is 5.73 Å². The first kappa shape index (κ1) is 14.9. The van der Waals surface area contributed by atoms with Crippen molar-refractivity contribution in [1.82, 2.24) is 10.3 Å². The lowest BCUT2D eigenvalue weighted by Gasteiger charge is -2.11. The average Bonchev–Trinajstić information content (AvgIpc) is 2.12. The summed E-state index contributed by atoms with van der Waals surface area (Å²) in [4.78, 5) is 1.69. The second kappa shape index (κ2) is 5.68. The molecule has 0 saturated carbocycles. The number of halogens is 3. The number of hydrazine groups is 1. The number of sulfonamides is 1. The van der Waals surface area contributed by atoms with Crippen LogP contribution in [-0.4, -0.2) is 13.5 Å². The van der Waals surface area contributed by atoms with Crippen LogP contribution >= 0.6 is 51.3 Å². The Bertz CT molecular complexity index is 541. The Balaban J connectivity index is 3.20. The van der Waals surface area contributed by atoms with Gasteiger partial charge in [-0.05, 0) is 24.4 Å². The second-order valence-corrected chi connectivity index (χ2v) is 6.58. The van der Waals surface area contributed by atoms with E-state index in [1.165, 1.54) is 12.1 Å². The monoisotopic (exact) mass is 377 g/mol. The Morgan fingerprint density at radius 1 is 1.35 bits per heavy atom. The summed E-state index contributed by atoms with van der Waals surface area (Å²) < 4.78 is 24.2. The van der Waals surface area contributed by atoms with Crippen molar-refractivity contribution in [3.8, 4) is 0 Å². The summed E-state index contributed by atoms with van der Waals surface area (Å²) in [6.45, 7) is 0. The maximum atomic E-state index is 11.8. The minimum Gasteiger partial charge on any atom is -0.375 e. The largest absolute Gasteiger partial charge is 0.375 e. The zero-order valence-electron chi connectivity index (χ0n) is 8.00. The predicted molar refractivity (Wildman–Crippen MR) is 74.4 cm³/mol. The lowest BCUT2D eigenvalue weighted by molar-refractivity contribution is 0.577. The molecule has 0 aliphatic rings. The SMILES string of the molecule is NC(=S)NNS(=O)(=O)c1c(Cl)cc(Br)cc1Cl. The third-order valence-electron chi connectivity index (χ3n) is 1.54. The molecule has 0 saturated heterocycles. The highest BCUT2D eigenvalue weighted by molar-refractivity contribution is 9.10. The summed E-state index contributed by atoms with van der Waals surface area (Å²) in [5.41, 5.74) is 7.19. The summed E-state index contributed by atoms with van der Waals surface area (Å²) >= 11 is 19.2. The average molecular weight is 379 g/mol. The summed E-state index contributed by atoms with van der Waals surface area (Å²) in [6.07, 6.45) is 0. The molecule has 0 unspecified atom stereocenters. The van der Waals surface area contributed by atoms with Crippen LogP contribution in [0.25, 0.3) is 0 Å². The van der Waals surface area contributed by atoms with Crippen LogP contribution in [-0.2, 0) is 10.0 Å². The van der Waals surface area contributed by atoms with Gasteiger partial charge in [-0.25, -0.2) is 8.42 Å². The van der Waals surface area contributed by atoms with Gasteiger partial charge in [0.15, 0.2) is 5.11 Å². The zero-order chi connectivity index (χ0) is 13.2. The van der Waals surface area contributed by atoms with Crippen LogP contribution < -0.4 is 16.0 Å². The molecule has 0 aliphatic carbocycles. The van der Waals surface area contributed by atoms with Crippen molar-refractivity contribution in [1.29, 1.82) is 0 Å². The fourth-order valence-electron chi connectivity index (χ4n) is 0.954. The third-order valence-corrected chi connectivity index (χ3v) is 4.27. The van der Waals surface area contributed by atoms with Gasteiger partial charge in [0.2, 0.25) is 0 Å². The minimum absolute atomic E-state index is 0.0263. The molecule has 0 atom stereocenters. The van der Waals surface area contributed by atoms with Crippen LogP contribution in [0.2, 0.25) is 10.0 Å². The summed E-state index contributed by atoms with van der Waals surface area (Å²) in [7, 11) is -3.95. The van der Waals surface area contributed by atoms with Gasteiger partial charge in [0.1, 0.15) is 4.90 Å². The number of thiocarbonyl (C=S) groups is 1. The highest BCUT2D eigenvalue weighted by Gasteiger charge is 2.22. The van der Waals surface area contributed by atoms with Crippen LogP contribution in [0.1, 0.15) is 0 Å². The van der Waals surface area contributed by atoms with Crippen LogP contribution in [0.4, 0.5) is 0 Å². The molecule has 0 spiro atoms. The van der Waals surface area contributed by atoms with Gasteiger partial charge in [0, 0.05) is 4.47 Å². The van der Waals surface area contributed by atoms with E-state index in [-0.39, 0.29) is 20.1 Å². The molecule has 0 fully saturated rings. The molecule has 0 aromatic heterocycles. The molecule has 0 bridgehead atoms. The van der Waals surface area contributed by atoms with Crippen molar-refractivity contribution in [2.75, 3.05) is 0 Å². The first-order chi connectivity index (χ1) is 7.74. The van der Waals surface area contributed by atoms with Crippen LogP contribution in [0.3, 0.4) is 0 Å². The number of hydrogen-bond acceptors (Lipinski definition) is 3. The van der Waals surface area contributed by atoms with Gasteiger partial charge in [-0.15, -0.1) is 4.83 Å². The summed E-state index contributed by atoms with van der Waals surface area (Å²) in [5.74, 6) is 0. The maximum absolute atomic E-state index is 11.8. The number of nitrogens with two attached hydrogens (primary N) is 1. The number of rotatable bonds is 3. The normalized spacial score (nSPS) is 11.2. The Morgan fingerprint density at radius 2 is 1.82 bits per heavy atom. The third kappa shape index (κ3) is 3.94. The van der Waals surface area contributed by atoms with Gasteiger partial charge in [-0.2, -0.15) is 0 Å². The van der Waals surface area contributed by atoms with Gasteiger partial charge in [-0.3, -0.25) is 5.43 Å². The highest BCUT2D eigenvalue weighted by Crippen LogP contribution is 2.32. The van der Waals surface area contributed by atoms with Crippen LogP contribution in [0.15, 0.2) is 21.5 Å². The summed E-state index contributed by atoms with van der Waals surface area (Å²) in [6, 6.07) is 2.81. The number of nitrogens with one attached hydrogen (secondary N) is 2. The first-order valence-electron chi connectivity index (χ1n) is 3.96. The van der Waals surface area contributed by atoms with E-state index in [0.29, 0.717) is 4.47 Å². The van der Waals surface area contributed by atoms with E-state index >= 15 is 0 Å². The van der Waals surface area contributed by atoms with E-state index in [4.69, 9.17) is 28.9 Å². The maximum Gasteiger partial charge on any atom is 0.260 e. The quantitative estimate of drug-likeness (QED) is 0.551. The molecule has 1 rings (SSSR count). The highest BCUT2D eigenvalue weighted by atomic mass is 79.9. The topological polar surface area (TPSA) is 84.2 Å². The molecule has 94 valence electrons. The van der Waals surface area contributed by atoms with Crippen molar-refractivity contribution in [2.24, 2.45) is 5.73 Å². The van der Waals surface area contributed by atoms with E-state index in [9.17, 15) is 8.42 Å². The standard InChI is InChI=1S/C7H6BrCl2N3O2S2/c8-3-1-4(9)6(5(10)2-3)17(14,15)13-12-7(11)16/h1-2,13H,(H3,11,12,16). The fourth-order valence-corrected chi connectivity index (χ4v) is 3.87. The minimum atomic E-state index is -3.95. The van der Waals surface area contributed by atoms with Crippen molar-refractivity contribution in [2.45, 2.75) is 4.90 Å². The molecule has 4 N–H and O–H groups in total. The molecular weight excluding hydrogens is 373 g/mol. The Hall–Kier alpha value is -0.120. The first-order valence-corrected chi connectivity index (χ1v) is 7.40. The lowest BCUT2D eigenvalue weighted by Crippen LogP contribution is -2.44. The van der Waals surface area contributed by atoms with Crippen molar-refractivity contribution in [3.63, 3.8) is 0 Å². The predicted octanol–water partition coefficient (Wildman–Crippen LogP) is 1.78. The van der Waals surface area contributed by atoms with Crippen molar-refractivity contribution in [3.05, 3.63) is 26.7 Å². The van der Waals surface area contributed by atoms with Crippen LogP contribution in [0, 0.1) is 0 Å². The molecule has 17 heavy (non-hydrogen) atoms. The Labute approximate surface area is 122 Å². The lowest BCUT2D eigenvalue weighted by atomic mass is 10.4. The van der Waals surface area contributed by atoms with Crippen LogP contribution in [0.5, 0.6) is 0 Å². The Kier molecular flexibility index (Phi) is 4.99. The molecule has 0 heterocycles. The number of benzene rings is 1. The molecule has 1 aromatic rings. The van der Waals surface area contributed by atoms with E-state index in [1.54, 1.807) is 0 Å². The molecule has 0 radical (unpaired) electrons. The molecule has 0 aliphatic heterocycles. The summed E-state index contributed by atoms with van der Waals surface area (Å²) in [5, 5.41) is -0.277. The van der Waals surface area contributed by atoms with E-state index in [0.717, 1.165) is 0 Å². The van der Waals surface area contributed by atoms with E-state index in [1.807, 2.05) is 4.83 Å². The zero-order valence-corrected chi connectivity index (χ0v) is 12.7. The van der Waals surface area contributed by atoms with Gasteiger partial charge in [0.05, 0.1) is 10.0 Å². The van der Waals surface area contributed by atoms with Gasteiger partial charge in [0.25, 0.3) is 10.0 Å². The molecule has 5 nitrogen and oxygen atoms in total. The fraction of sp³-hybridized carbons (Fsp3) is 0. The van der Waals surface area contributed by atoms with Crippen molar-refractivity contribution < 1.29 is 8.42 Å². The van der Waals surface area contributed by atoms with E-state index < -0.39 is 10.0 Å². The molecule has 10 heteroatoms. The Morgan fingerprint density at radius 3 is 2.24 bits per heavy atom. The molecule has 1 aromatic carbocycles. The molecule has 0 amide bonds. The molecular formula is C7H6BrCl2N3O2S2. The van der Waals surface area contributed by atoms with Crippen molar-refractivity contribution >= 4 is 66.5 Å². The smallest absolute Gasteiger partial charge is 0.260 e. The van der Waals surface area contributed by atoms with E-state index in [2.05, 4.69) is 33.6 Å². The van der Waals surface area contributed by atoms with Gasteiger partial charge >= 0.3 is 0 Å². The number of hydrogen-bond donors (Lipinski definition) is 3. The van der Waals surface area contributed by atoms with Gasteiger partial charge in [-0.1, -0.05) is 39.1 Å².